The Bertz CT molecular complexity index is 167. The molecule has 1 heterocycles. The summed E-state index contributed by atoms with van der Waals surface area (Å²) in [5.41, 5.74) is 5.72. The average Bonchev–Trinajstić information content (AvgIpc) is 2.26. The molecule has 1 rings (SSSR count). The van der Waals surface area contributed by atoms with Crippen LogP contribution in [0.1, 0.15) is 26.2 Å². The Morgan fingerprint density at radius 1 is 1.60 bits per heavy atom. The van der Waals surface area contributed by atoms with E-state index < -0.39 is 0 Å². The van der Waals surface area contributed by atoms with E-state index in [9.17, 15) is 0 Å². The third kappa shape index (κ3) is 4.93. The first-order chi connectivity index (χ1) is 7.26. The van der Waals surface area contributed by atoms with Gasteiger partial charge >= 0.3 is 0 Å². The first-order valence-corrected chi connectivity index (χ1v) is 5.96. The van der Waals surface area contributed by atoms with Gasteiger partial charge in [0.05, 0.1) is 12.7 Å². The average molecular weight is 216 g/mol. The number of aliphatic hydroxyl groups excluding tert-OH is 1. The van der Waals surface area contributed by atoms with Gasteiger partial charge in [0.2, 0.25) is 0 Å². The molecule has 1 fully saturated rings. The molecule has 0 bridgehead atoms. The molecule has 90 valence electrons. The van der Waals surface area contributed by atoms with Crippen LogP contribution in [-0.4, -0.2) is 55.0 Å². The lowest BCUT2D eigenvalue weighted by atomic mass is 10.1. The van der Waals surface area contributed by atoms with Crippen molar-refractivity contribution in [2.45, 2.75) is 38.3 Å². The molecule has 0 aromatic heterocycles. The van der Waals surface area contributed by atoms with Gasteiger partial charge in [0.1, 0.15) is 0 Å². The van der Waals surface area contributed by atoms with E-state index in [2.05, 4.69) is 11.8 Å². The number of hydrogen-bond donors (Lipinski definition) is 2. The van der Waals surface area contributed by atoms with E-state index in [1.165, 1.54) is 6.42 Å². The summed E-state index contributed by atoms with van der Waals surface area (Å²) in [6, 6.07) is -0.116. The molecular formula is C11H24N2O2. The quantitative estimate of drug-likeness (QED) is 0.666. The minimum atomic E-state index is -0.116. The largest absolute Gasteiger partial charge is 0.395 e. The van der Waals surface area contributed by atoms with Crippen LogP contribution >= 0.6 is 0 Å². The Kier molecular flexibility index (Phi) is 6.17. The normalized spacial score (nSPS) is 25.4. The summed E-state index contributed by atoms with van der Waals surface area (Å²) in [5, 5.41) is 8.89. The van der Waals surface area contributed by atoms with Crippen LogP contribution in [0.4, 0.5) is 0 Å². The molecule has 0 saturated carbocycles. The van der Waals surface area contributed by atoms with E-state index in [0.717, 1.165) is 39.1 Å². The van der Waals surface area contributed by atoms with Crippen LogP contribution in [0.2, 0.25) is 0 Å². The molecule has 0 spiro atoms. The summed E-state index contributed by atoms with van der Waals surface area (Å²) in [6.45, 7) is 5.87. The lowest BCUT2D eigenvalue weighted by Crippen LogP contribution is -2.46. The molecule has 4 nitrogen and oxygen atoms in total. The minimum Gasteiger partial charge on any atom is -0.395 e. The molecule has 2 atom stereocenters. The fourth-order valence-corrected chi connectivity index (χ4v) is 1.99. The zero-order valence-electron chi connectivity index (χ0n) is 9.69. The molecule has 15 heavy (non-hydrogen) atoms. The van der Waals surface area contributed by atoms with Crippen LogP contribution in [-0.2, 0) is 4.74 Å². The van der Waals surface area contributed by atoms with Crippen molar-refractivity contribution in [1.82, 2.24) is 4.90 Å². The van der Waals surface area contributed by atoms with Crippen molar-refractivity contribution in [1.29, 1.82) is 0 Å². The van der Waals surface area contributed by atoms with Crippen LogP contribution in [0.15, 0.2) is 0 Å². The van der Waals surface area contributed by atoms with Gasteiger partial charge in [-0.05, 0) is 25.8 Å². The van der Waals surface area contributed by atoms with Crippen molar-refractivity contribution in [2.75, 3.05) is 32.8 Å². The molecule has 0 radical (unpaired) electrons. The van der Waals surface area contributed by atoms with E-state index in [1.54, 1.807) is 0 Å². The second-order valence-corrected chi connectivity index (χ2v) is 4.34. The lowest BCUT2D eigenvalue weighted by molar-refractivity contribution is -0.00264. The number of rotatable bonds is 6. The van der Waals surface area contributed by atoms with Gasteiger partial charge in [0.15, 0.2) is 0 Å². The van der Waals surface area contributed by atoms with Gasteiger partial charge in [-0.3, -0.25) is 4.90 Å². The van der Waals surface area contributed by atoms with Gasteiger partial charge in [-0.15, -0.1) is 0 Å². The lowest BCUT2D eigenvalue weighted by Gasteiger charge is -2.33. The smallest absolute Gasteiger partial charge is 0.0702 e. The molecule has 1 aliphatic heterocycles. The predicted molar refractivity (Wildman–Crippen MR) is 60.8 cm³/mol. The van der Waals surface area contributed by atoms with Crippen molar-refractivity contribution in [2.24, 2.45) is 5.73 Å². The van der Waals surface area contributed by atoms with Gasteiger partial charge in [-0.2, -0.15) is 0 Å². The van der Waals surface area contributed by atoms with Crippen LogP contribution in [0.3, 0.4) is 0 Å². The standard InChI is InChI=1S/C11H24N2O2/c1-2-6-15-11-4-3-5-13(8-11)7-10(12)9-14/h10-11,14H,2-9,12H2,1H3. The molecule has 4 heteroatoms. The summed E-state index contributed by atoms with van der Waals surface area (Å²) in [5.74, 6) is 0. The number of nitrogens with zero attached hydrogens (tertiary/aromatic N) is 1. The Hall–Kier alpha value is -0.160. The highest BCUT2D eigenvalue weighted by molar-refractivity contribution is 4.76. The Balaban J connectivity index is 2.22. The summed E-state index contributed by atoms with van der Waals surface area (Å²) in [6.07, 6.45) is 3.77. The summed E-state index contributed by atoms with van der Waals surface area (Å²) < 4.78 is 5.73. The number of aliphatic hydroxyl groups is 1. The van der Waals surface area contributed by atoms with E-state index in [0.29, 0.717) is 6.10 Å². The zero-order chi connectivity index (χ0) is 11.1. The summed E-state index contributed by atoms with van der Waals surface area (Å²) >= 11 is 0. The number of hydrogen-bond acceptors (Lipinski definition) is 4. The Labute approximate surface area is 92.4 Å². The molecule has 1 aliphatic rings. The molecule has 0 aromatic rings. The van der Waals surface area contributed by atoms with Crippen LogP contribution in [0.5, 0.6) is 0 Å². The fourth-order valence-electron chi connectivity index (χ4n) is 1.99. The molecule has 3 N–H and O–H groups in total. The molecule has 0 amide bonds. The van der Waals surface area contributed by atoms with Gasteiger partial charge in [0, 0.05) is 25.7 Å². The maximum absolute atomic E-state index is 8.89. The zero-order valence-corrected chi connectivity index (χ0v) is 9.69. The maximum Gasteiger partial charge on any atom is 0.0702 e. The van der Waals surface area contributed by atoms with Crippen LogP contribution in [0, 0.1) is 0 Å². The molecule has 0 aromatic carbocycles. The topological polar surface area (TPSA) is 58.7 Å². The van der Waals surface area contributed by atoms with E-state index in [1.807, 2.05) is 0 Å². The molecule has 2 unspecified atom stereocenters. The number of ether oxygens (including phenoxy) is 1. The van der Waals surface area contributed by atoms with Gasteiger partial charge in [0.25, 0.3) is 0 Å². The van der Waals surface area contributed by atoms with Crippen molar-refractivity contribution >= 4 is 0 Å². The maximum atomic E-state index is 8.89. The Morgan fingerprint density at radius 2 is 2.40 bits per heavy atom. The van der Waals surface area contributed by atoms with Crippen LogP contribution < -0.4 is 5.73 Å². The molecule has 1 saturated heterocycles. The SMILES string of the molecule is CCCOC1CCCN(CC(N)CO)C1. The number of piperidine rings is 1. The van der Waals surface area contributed by atoms with Gasteiger partial charge in [-0.1, -0.05) is 6.92 Å². The summed E-state index contributed by atoms with van der Waals surface area (Å²) in [4.78, 5) is 2.30. The first kappa shape index (κ1) is 12.9. The fraction of sp³-hybridized carbons (Fsp3) is 1.00. The highest BCUT2D eigenvalue weighted by Gasteiger charge is 2.21. The van der Waals surface area contributed by atoms with E-state index in [4.69, 9.17) is 15.6 Å². The third-order valence-electron chi connectivity index (χ3n) is 2.75. The minimum absolute atomic E-state index is 0.0665. The van der Waals surface area contributed by atoms with Crippen LogP contribution in [0.25, 0.3) is 0 Å². The Morgan fingerprint density at radius 3 is 3.07 bits per heavy atom. The number of nitrogens with two attached hydrogens (primary N) is 1. The van der Waals surface area contributed by atoms with Gasteiger partial charge in [-0.25, -0.2) is 0 Å². The first-order valence-electron chi connectivity index (χ1n) is 5.96. The van der Waals surface area contributed by atoms with Crippen molar-refractivity contribution < 1.29 is 9.84 Å². The number of likely N-dealkylation sites (tertiary alicyclic amines) is 1. The highest BCUT2D eigenvalue weighted by atomic mass is 16.5. The third-order valence-corrected chi connectivity index (χ3v) is 2.75. The summed E-state index contributed by atoms with van der Waals surface area (Å²) in [7, 11) is 0. The monoisotopic (exact) mass is 216 g/mol. The highest BCUT2D eigenvalue weighted by Crippen LogP contribution is 2.13. The second-order valence-electron chi connectivity index (χ2n) is 4.34. The van der Waals surface area contributed by atoms with E-state index >= 15 is 0 Å². The van der Waals surface area contributed by atoms with Crippen molar-refractivity contribution in [3.63, 3.8) is 0 Å². The second kappa shape index (κ2) is 7.17. The van der Waals surface area contributed by atoms with E-state index in [-0.39, 0.29) is 12.6 Å². The van der Waals surface area contributed by atoms with Crippen molar-refractivity contribution in [3.05, 3.63) is 0 Å². The molecule has 0 aliphatic carbocycles. The van der Waals surface area contributed by atoms with Crippen molar-refractivity contribution in [3.8, 4) is 0 Å². The predicted octanol–water partition coefficient (Wildman–Crippen LogP) is 0.197. The molecular weight excluding hydrogens is 192 g/mol. The van der Waals surface area contributed by atoms with Gasteiger partial charge < -0.3 is 15.6 Å².